The number of carbonyl (C=O) groups excluding carboxylic acids is 1. The van der Waals surface area contributed by atoms with Gasteiger partial charge < -0.3 is 10.1 Å². The monoisotopic (exact) mass is 303 g/mol. The third kappa shape index (κ3) is 3.44. The van der Waals surface area contributed by atoms with Crippen molar-refractivity contribution in [2.75, 3.05) is 11.9 Å². The van der Waals surface area contributed by atoms with Gasteiger partial charge in [0.2, 0.25) is 0 Å². The van der Waals surface area contributed by atoms with E-state index in [2.05, 4.69) is 10.3 Å². The average Bonchev–Trinajstić information content (AvgIpc) is 2.60. The number of fused-ring (bicyclic) bond motifs is 1. The highest BCUT2D eigenvalue weighted by molar-refractivity contribution is 5.92. The van der Waals surface area contributed by atoms with Gasteiger partial charge in [-0.05, 0) is 30.3 Å². The standard InChI is InChI=1S/C18H13N3O2/c19-11-13-4-1-7-15(10-13)21-17(22)12-23-16-8-2-5-14-6-3-9-20-18(14)16/h1-10H,12H2,(H,21,22). The molecule has 1 aromatic heterocycles. The molecule has 0 atom stereocenters. The van der Waals surface area contributed by atoms with E-state index in [0.717, 1.165) is 5.39 Å². The predicted octanol–water partition coefficient (Wildman–Crippen LogP) is 3.12. The first-order valence-corrected chi connectivity index (χ1v) is 7.03. The molecule has 3 rings (SSSR count). The number of aromatic nitrogens is 1. The number of hydrogen-bond donors (Lipinski definition) is 1. The molecule has 23 heavy (non-hydrogen) atoms. The number of nitrogens with one attached hydrogen (secondary N) is 1. The summed E-state index contributed by atoms with van der Waals surface area (Å²) in [7, 11) is 0. The molecule has 5 heteroatoms. The summed E-state index contributed by atoms with van der Waals surface area (Å²) in [5.74, 6) is 0.261. The Morgan fingerprint density at radius 1 is 1.17 bits per heavy atom. The van der Waals surface area contributed by atoms with Crippen LogP contribution in [0.4, 0.5) is 5.69 Å². The molecule has 0 unspecified atom stereocenters. The zero-order valence-electron chi connectivity index (χ0n) is 12.2. The van der Waals surface area contributed by atoms with E-state index in [1.807, 2.05) is 30.3 Å². The number of ether oxygens (including phenoxy) is 1. The highest BCUT2D eigenvalue weighted by atomic mass is 16.5. The van der Waals surface area contributed by atoms with Crippen LogP contribution in [0.3, 0.4) is 0 Å². The fourth-order valence-electron chi connectivity index (χ4n) is 2.20. The molecule has 2 aromatic carbocycles. The molecule has 0 aliphatic heterocycles. The van der Waals surface area contributed by atoms with Crippen LogP contribution in [0.5, 0.6) is 5.75 Å². The molecule has 0 spiro atoms. The van der Waals surface area contributed by atoms with Gasteiger partial charge in [0.05, 0.1) is 11.6 Å². The molecule has 0 bridgehead atoms. The molecule has 112 valence electrons. The maximum Gasteiger partial charge on any atom is 0.262 e. The Bertz CT molecular complexity index is 895. The minimum atomic E-state index is -0.298. The van der Waals surface area contributed by atoms with Crippen LogP contribution in [0.15, 0.2) is 60.8 Å². The van der Waals surface area contributed by atoms with Crippen molar-refractivity contribution >= 4 is 22.5 Å². The van der Waals surface area contributed by atoms with Gasteiger partial charge in [-0.2, -0.15) is 5.26 Å². The number of rotatable bonds is 4. The first-order chi connectivity index (χ1) is 11.3. The zero-order chi connectivity index (χ0) is 16.1. The van der Waals surface area contributed by atoms with Crippen molar-refractivity contribution in [3.63, 3.8) is 0 Å². The SMILES string of the molecule is N#Cc1cccc(NC(=O)COc2cccc3cccnc23)c1. The van der Waals surface area contributed by atoms with Gasteiger partial charge in [0, 0.05) is 17.3 Å². The Hall–Kier alpha value is -3.39. The summed E-state index contributed by atoms with van der Waals surface area (Å²) in [4.78, 5) is 16.3. The van der Waals surface area contributed by atoms with Crippen LogP contribution in [0.1, 0.15) is 5.56 Å². The van der Waals surface area contributed by atoms with Gasteiger partial charge >= 0.3 is 0 Å². The van der Waals surface area contributed by atoms with Crippen molar-refractivity contribution in [1.82, 2.24) is 4.98 Å². The summed E-state index contributed by atoms with van der Waals surface area (Å²) in [6.07, 6.45) is 1.68. The zero-order valence-corrected chi connectivity index (χ0v) is 12.2. The second kappa shape index (κ2) is 6.58. The molecule has 0 fully saturated rings. The van der Waals surface area contributed by atoms with Gasteiger partial charge in [0.1, 0.15) is 11.3 Å². The van der Waals surface area contributed by atoms with E-state index in [-0.39, 0.29) is 12.5 Å². The third-order valence-electron chi connectivity index (χ3n) is 3.23. The molecular weight excluding hydrogens is 290 g/mol. The first-order valence-electron chi connectivity index (χ1n) is 7.03. The van der Waals surface area contributed by atoms with E-state index in [0.29, 0.717) is 22.5 Å². The fraction of sp³-hybridized carbons (Fsp3) is 0.0556. The van der Waals surface area contributed by atoms with Crippen molar-refractivity contribution in [2.45, 2.75) is 0 Å². The highest BCUT2D eigenvalue weighted by Gasteiger charge is 2.07. The van der Waals surface area contributed by atoms with Crippen LogP contribution >= 0.6 is 0 Å². The van der Waals surface area contributed by atoms with Crippen molar-refractivity contribution < 1.29 is 9.53 Å². The number of benzene rings is 2. The molecule has 1 heterocycles. The topological polar surface area (TPSA) is 75.0 Å². The molecule has 0 saturated heterocycles. The number of hydrogen-bond acceptors (Lipinski definition) is 4. The second-order valence-corrected chi connectivity index (χ2v) is 4.86. The number of nitriles is 1. The van der Waals surface area contributed by atoms with Gasteiger partial charge in [-0.1, -0.05) is 24.3 Å². The van der Waals surface area contributed by atoms with Crippen LogP contribution in [0.2, 0.25) is 0 Å². The van der Waals surface area contributed by atoms with Crippen LogP contribution in [0.25, 0.3) is 10.9 Å². The van der Waals surface area contributed by atoms with E-state index < -0.39 is 0 Å². The molecule has 0 aliphatic rings. The van der Waals surface area contributed by atoms with Crippen LogP contribution in [0, 0.1) is 11.3 Å². The van der Waals surface area contributed by atoms with Crippen LogP contribution in [-0.4, -0.2) is 17.5 Å². The highest BCUT2D eigenvalue weighted by Crippen LogP contribution is 2.22. The number of carbonyl (C=O) groups is 1. The fourth-order valence-corrected chi connectivity index (χ4v) is 2.20. The van der Waals surface area contributed by atoms with E-state index in [1.54, 1.807) is 36.5 Å². The minimum absolute atomic E-state index is 0.132. The van der Waals surface area contributed by atoms with Gasteiger partial charge in [0.15, 0.2) is 6.61 Å². The number of amides is 1. The Balaban J connectivity index is 1.68. The quantitative estimate of drug-likeness (QED) is 0.803. The molecule has 0 radical (unpaired) electrons. The molecule has 0 aliphatic carbocycles. The van der Waals surface area contributed by atoms with Crippen molar-refractivity contribution in [1.29, 1.82) is 5.26 Å². The van der Waals surface area contributed by atoms with Crippen LogP contribution < -0.4 is 10.1 Å². The number of pyridine rings is 1. The smallest absolute Gasteiger partial charge is 0.262 e. The van der Waals surface area contributed by atoms with E-state index in [1.165, 1.54) is 0 Å². The van der Waals surface area contributed by atoms with Crippen molar-refractivity contribution in [2.24, 2.45) is 0 Å². The van der Waals surface area contributed by atoms with E-state index in [9.17, 15) is 4.79 Å². The first kappa shape index (κ1) is 14.5. The summed E-state index contributed by atoms with van der Waals surface area (Å²) < 4.78 is 5.57. The summed E-state index contributed by atoms with van der Waals surface area (Å²) >= 11 is 0. The molecule has 5 nitrogen and oxygen atoms in total. The van der Waals surface area contributed by atoms with Gasteiger partial charge in [-0.25, -0.2) is 0 Å². The van der Waals surface area contributed by atoms with Crippen molar-refractivity contribution in [3.8, 4) is 11.8 Å². The summed E-state index contributed by atoms with van der Waals surface area (Å²) in [5.41, 5.74) is 1.77. The summed E-state index contributed by atoms with van der Waals surface area (Å²) in [5, 5.41) is 12.5. The Labute approximate surface area is 133 Å². The van der Waals surface area contributed by atoms with Gasteiger partial charge in [-0.15, -0.1) is 0 Å². The molecule has 3 aromatic rings. The Morgan fingerprint density at radius 2 is 2.00 bits per heavy atom. The van der Waals surface area contributed by atoms with Gasteiger partial charge in [0.25, 0.3) is 5.91 Å². The number of para-hydroxylation sites is 1. The summed E-state index contributed by atoms with van der Waals surface area (Å²) in [6, 6.07) is 18.1. The second-order valence-electron chi connectivity index (χ2n) is 4.86. The molecule has 1 N–H and O–H groups in total. The maximum atomic E-state index is 12.0. The van der Waals surface area contributed by atoms with E-state index >= 15 is 0 Å². The normalized spacial score (nSPS) is 10.0. The lowest BCUT2D eigenvalue weighted by Crippen LogP contribution is -2.20. The maximum absolute atomic E-state index is 12.0. The molecular formula is C18H13N3O2. The minimum Gasteiger partial charge on any atom is -0.481 e. The lowest BCUT2D eigenvalue weighted by atomic mass is 10.2. The van der Waals surface area contributed by atoms with Gasteiger partial charge in [-0.3, -0.25) is 9.78 Å². The predicted molar refractivity (Wildman–Crippen MR) is 87.0 cm³/mol. The van der Waals surface area contributed by atoms with Crippen LogP contribution in [-0.2, 0) is 4.79 Å². The summed E-state index contributed by atoms with van der Waals surface area (Å²) in [6.45, 7) is -0.132. The lowest BCUT2D eigenvalue weighted by Gasteiger charge is -2.09. The number of nitrogens with zero attached hydrogens (tertiary/aromatic N) is 2. The van der Waals surface area contributed by atoms with Crippen molar-refractivity contribution in [3.05, 3.63) is 66.4 Å². The Morgan fingerprint density at radius 3 is 2.87 bits per heavy atom. The largest absolute Gasteiger partial charge is 0.481 e. The number of anilines is 1. The average molecular weight is 303 g/mol. The molecule has 0 saturated carbocycles. The third-order valence-corrected chi connectivity index (χ3v) is 3.23. The van der Waals surface area contributed by atoms with E-state index in [4.69, 9.17) is 10.00 Å². The Kier molecular flexibility index (Phi) is 4.16. The molecule has 1 amide bonds. The lowest BCUT2D eigenvalue weighted by molar-refractivity contribution is -0.118.